The molecule has 1 aliphatic carbocycles. The molecule has 2 heterocycles. The molecular weight excluding hydrogens is 693 g/mol. The van der Waals surface area contributed by atoms with Crippen molar-refractivity contribution in [3.05, 3.63) is 116 Å². The van der Waals surface area contributed by atoms with Gasteiger partial charge in [-0.05, 0) is 69.3 Å². The number of phenolic OH excluding ortho intramolecular Hbond substituents is 1. The van der Waals surface area contributed by atoms with Crippen LogP contribution in [-0.2, 0) is 29.7 Å². The number of ether oxygens (including phenoxy) is 1. The Morgan fingerprint density at radius 2 is 1.81 bits per heavy atom. The first-order valence-corrected chi connectivity index (χ1v) is 19.3. The molecule has 1 amide bonds. The fourth-order valence-corrected chi connectivity index (χ4v) is 8.12. The summed E-state index contributed by atoms with van der Waals surface area (Å²) < 4.78 is 12.7. The lowest BCUT2D eigenvalue weighted by Crippen LogP contribution is -2.41. The summed E-state index contributed by atoms with van der Waals surface area (Å²) in [4.78, 5) is 32.6. The predicted molar refractivity (Wildman–Crippen MR) is 204 cm³/mol. The van der Waals surface area contributed by atoms with Crippen LogP contribution in [0.25, 0.3) is 10.2 Å². The van der Waals surface area contributed by atoms with Crippen LogP contribution in [0.15, 0.2) is 82.1 Å². The molecule has 282 valence electrons. The van der Waals surface area contributed by atoms with Crippen LogP contribution in [0.4, 0.5) is 4.79 Å². The minimum absolute atomic E-state index is 0.0255. The fraction of sp³-hybridized carbons (Fsp3) is 0.439. The van der Waals surface area contributed by atoms with Crippen molar-refractivity contribution < 1.29 is 34.3 Å². The highest BCUT2D eigenvalue weighted by molar-refractivity contribution is 7.16. The molecule has 0 saturated heterocycles. The number of hydrogen-bond acceptors (Lipinski definition) is 9. The van der Waals surface area contributed by atoms with Gasteiger partial charge in [0.05, 0.1) is 10.8 Å². The van der Waals surface area contributed by atoms with E-state index < -0.39 is 23.4 Å². The zero-order valence-corrected chi connectivity index (χ0v) is 31.5. The number of amides is 1. The molecule has 0 spiro atoms. The Morgan fingerprint density at radius 3 is 2.57 bits per heavy atom. The largest absolute Gasteiger partial charge is 0.506 e. The molecule has 0 unspecified atom stereocenters. The van der Waals surface area contributed by atoms with Crippen molar-refractivity contribution in [3.8, 4) is 5.75 Å². The van der Waals surface area contributed by atoms with Crippen LogP contribution in [0.3, 0.4) is 0 Å². The summed E-state index contributed by atoms with van der Waals surface area (Å²) >= 11 is 0.964. The first kappa shape index (κ1) is 38.2. The zero-order valence-electron chi connectivity index (χ0n) is 30.7. The number of carbonyl (C=O) groups is 1. The van der Waals surface area contributed by atoms with Crippen LogP contribution in [0.5, 0.6) is 5.75 Å². The van der Waals surface area contributed by atoms with Gasteiger partial charge in [0, 0.05) is 37.5 Å². The maximum atomic E-state index is 13.5. The Hall–Kier alpha value is -4.49. The average Bonchev–Trinajstić information content (AvgIpc) is 3.79. The second-order valence-corrected chi connectivity index (χ2v) is 16.0. The van der Waals surface area contributed by atoms with E-state index in [1.807, 2.05) is 69.3 Å². The number of aliphatic hydroxyl groups excluding tert-OH is 1. The third-order valence-electron chi connectivity index (χ3n) is 9.87. The quantitative estimate of drug-likeness (QED) is 0.0821. The van der Waals surface area contributed by atoms with Crippen LogP contribution in [-0.4, -0.2) is 56.5 Å². The number of rotatable bonds is 14. The summed E-state index contributed by atoms with van der Waals surface area (Å²) in [7, 11) is 0. The summed E-state index contributed by atoms with van der Waals surface area (Å²) in [6, 6.07) is 20.9. The molecule has 1 aliphatic rings. The SMILES string of the molecule is CC(C)(C)OC(=O)N(CCc1c[nH+]c([C@](O)(c2ccccc2)C2CCCCC2)o1)Cc1cccc(CCNC[C@H](O)c2ccc(O)c3[nH]c(=O)sc23)c1. The minimum Gasteiger partial charge on any atom is -0.506 e. The molecule has 0 bridgehead atoms. The van der Waals surface area contributed by atoms with E-state index in [9.17, 15) is 24.9 Å². The summed E-state index contributed by atoms with van der Waals surface area (Å²) in [6.07, 6.45) is 6.76. The van der Waals surface area contributed by atoms with E-state index in [4.69, 9.17) is 9.15 Å². The molecule has 2 aromatic heterocycles. The monoisotopic (exact) mass is 743 g/mol. The highest BCUT2D eigenvalue weighted by atomic mass is 32.1. The Morgan fingerprint density at radius 1 is 1.06 bits per heavy atom. The van der Waals surface area contributed by atoms with Crippen LogP contribution in [0.2, 0.25) is 0 Å². The van der Waals surface area contributed by atoms with Gasteiger partial charge in [-0.15, -0.1) is 0 Å². The van der Waals surface area contributed by atoms with Gasteiger partial charge in [0.1, 0.15) is 16.9 Å². The highest BCUT2D eigenvalue weighted by Gasteiger charge is 2.48. The fourth-order valence-electron chi connectivity index (χ4n) is 7.21. The van der Waals surface area contributed by atoms with Gasteiger partial charge < -0.3 is 39.7 Å². The van der Waals surface area contributed by atoms with Crippen molar-refractivity contribution in [1.82, 2.24) is 15.2 Å². The number of hydrogen-bond donors (Lipinski definition) is 5. The van der Waals surface area contributed by atoms with E-state index in [0.717, 1.165) is 53.7 Å². The number of oxazole rings is 1. The number of benzene rings is 3. The number of nitrogens with one attached hydrogen (secondary N) is 3. The molecule has 6 N–H and O–H groups in total. The third-order valence-corrected chi connectivity index (χ3v) is 10.8. The molecule has 0 radical (unpaired) electrons. The van der Waals surface area contributed by atoms with Crippen molar-refractivity contribution >= 4 is 27.6 Å². The van der Waals surface area contributed by atoms with Gasteiger partial charge in [0.25, 0.3) is 0 Å². The zero-order chi connectivity index (χ0) is 37.6. The lowest BCUT2D eigenvalue weighted by molar-refractivity contribution is -0.417. The number of thiazole rings is 1. The maximum Gasteiger partial charge on any atom is 0.410 e. The second kappa shape index (κ2) is 16.7. The molecule has 1 fully saturated rings. The van der Waals surface area contributed by atoms with Crippen LogP contribution < -0.4 is 15.2 Å². The maximum absolute atomic E-state index is 13.5. The predicted octanol–water partition coefficient (Wildman–Crippen LogP) is 6.36. The summed E-state index contributed by atoms with van der Waals surface area (Å²) in [6.45, 7) is 7.08. The van der Waals surface area contributed by atoms with E-state index in [2.05, 4.69) is 21.4 Å². The second-order valence-electron chi connectivity index (χ2n) is 15.0. The molecule has 12 heteroatoms. The summed E-state index contributed by atoms with van der Waals surface area (Å²) in [5.74, 6) is 1.06. The van der Waals surface area contributed by atoms with E-state index >= 15 is 0 Å². The van der Waals surface area contributed by atoms with Gasteiger partial charge >= 0.3 is 16.9 Å². The van der Waals surface area contributed by atoms with Gasteiger partial charge in [-0.1, -0.05) is 91.3 Å². The first-order valence-electron chi connectivity index (χ1n) is 18.5. The van der Waals surface area contributed by atoms with Crippen molar-refractivity contribution in [2.75, 3.05) is 19.6 Å². The first-order chi connectivity index (χ1) is 25.4. The number of aromatic nitrogens is 2. The topological polar surface area (TPSA) is 162 Å². The molecule has 3 aromatic carbocycles. The van der Waals surface area contributed by atoms with Crippen LogP contribution >= 0.6 is 11.3 Å². The summed E-state index contributed by atoms with van der Waals surface area (Å²) in [5.41, 5.74) is 1.79. The molecule has 6 rings (SSSR count). The Bertz CT molecular complexity index is 2030. The Labute approximate surface area is 313 Å². The van der Waals surface area contributed by atoms with Gasteiger partial charge in [-0.25, -0.2) is 4.79 Å². The van der Waals surface area contributed by atoms with E-state index in [1.165, 1.54) is 12.5 Å². The Balaban J connectivity index is 1.10. The minimum atomic E-state index is -1.28. The van der Waals surface area contributed by atoms with Crippen molar-refractivity contribution in [2.45, 2.75) is 89.6 Å². The number of fused-ring (bicyclic) bond motifs is 1. The Kier molecular flexibility index (Phi) is 12.0. The molecule has 0 aliphatic heterocycles. The van der Waals surface area contributed by atoms with Gasteiger partial charge in [-0.2, -0.15) is 4.98 Å². The van der Waals surface area contributed by atoms with E-state index in [-0.39, 0.29) is 23.1 Å². The average molecular weight is 744 g/mol. The van der Waals surface area contributed by atoms with Crippen molar-refractivity contribution in [3.63, 3.8) is 0 Å². The van der Waals surface area contributed by atoms with E-state index in [1.54, 1.807) is 17.2 Å². The number of nitrogens with zero attached hydrogens (tertiary/aromatic N) is 1. The third kappa shape index (κ3) is 9.36. The lowest BCUT2D eigenvalue weighted by atomic mass is 9.73. The molecule has 11 nitrogen and oxygen atoms in total. The summed E-state index contributed by atoms with van der Waals surface area (Å²) in [5, 5.41) is 36.5. The van der Waals surface area contributed by atoms with E-state index in [0.29, 0.717) is 59.9 Å². The van der Waals surface area contributed by atoms with Crippen molar-refractivity contribution in [2.24, 2.45) is 5.92 Å². The number of aliphatic hydroxyl groups is 2. The molecular formula is C41H51N4O7S+. The van der Waals surface area contributed by atoms with Gasteiger partial charge in [0.2, 0.25) is 11.8 Å². The van der Waals surface area contributed by atoms with Crippen molar-refractivity contribution in [1.29, 1.82) is 0 Å². The molecule has 1 saturated carbocycles. The molecule has 53 heavy (non-hydrogen) atoms. The highest BCUT2D eigenvalue weighted by Crippen LogP contribution is 2.43. The van der Waals surface area contributed by atoms with Gasteiger partial charge in [-0.3, -0.25) is 4.79 Å². The van der Waals surface area contributed by atoms with Crippen LogP contribution in [0.1, 0.15) is 92.9 Å². The lowest BCUT2D eigenvalue weighted by Gasteiger charge is -2.34. The standard InChI is InChI=1S/C41H50N4O7S/c1-40(2,3)52-39(49)45(22-20-31-24-43-37(51-31)41(50,29-13-6-4-7-14-29)30-15-8-5-9-16-30)26-28-12-10-11-27(23-28)19-21-42-25-34(47)32-17-18-33(46)35-36(32)53-38(48)44-35/h4,6-7,10-14,17-18,23-24,30,34,42,46-47,50H,5,8-9,15-16,19-22,25-26H2,1-3H3,(H,44,48)/p+1/t34-,41-/m0/s1. The number of H-pyrrole nitrogens is 2. The molecule has 2 atom stereocenters. The van der Waals surface area contributed by atoms with Gasteiger partial charge in [0.15, 0.2) is 5.76 Å². The van der Waals surface area contributed by atoms with Crippen LogP contribution in [0, 0.1) is 5.92 Å². The normalized spacial score (nSPS) is 15.6. The smallest absolute Gasteiger partial charge is 0.410 e. The molecule has 5 aromatic rings. The number of phenols is 1. The number of aromatic hydroxyl groups is 1. The number of carbonyl (C=O) groups excluding carboxylic acids is 1. The number of aromatic amines is 2.